The minimum absolute atomic E-state index is 1.10. The second kappa shape index (κ2) is 12.6. The highest BCUT2D eigenvalue weighted by atomic mass is 15.0. The van der Waals surface area contributed by atoms with Crippen LogP contribution >= 0.6 is 0 Å². The van der Waals surface area contributed by atoms with Crippen LogP contribution in [0.5, 0.6) is 0 Å². The first kappa shape index (κ1) is 31.7. The summed E-state index contributed by atoms with van der Waals surface area (Å²) in [5, 5.41) is 7.57. The van der Waals surface area contributed by atoms with Gasteiger partial charge in [-0.05, 0) is 108 Å². The molecule has 0 N–H and O–H groups in total. The zero-order valence-electron chi connectivity index (χ0n) is 30.8. The smallest absolute Gasteiger partial charge is 0.0562 e. The Balaban J connectivity index is 1.11. The quantitative estimate of drug-likeness (QED) is 0.157. The van der Waals surface area contributed by atoms with Crippen LogP contribution in [0.4, 0.5) is 0 Å². The molecule has 55 heavy (non-hydrogen) atoms. The Kier molecular flexibility index (Phi) is 7.28. The van der Waals surface area contributed by atoms with E-state index in [0.29, 0.717) is 0 Å². The minimum Gasteiger partial charge on any atom is -0.309 e. The number of nitrogens with zero attached hydrogens (tertiary/aromatic N) is 3. The fourth-order valence-electron chi connectivity index (χ4n) is 9.12. The number of benzene rings is 8. The highest BCUT2D eigenvalue weighted by Gasteiger charge is 2.20. The van der Waals surface area contributed by atoms with E-state index in [1.165, 1.54) is 112 Å². The third-order valence-corrected chi connectivity index (χ3v) is 11.6. The van der Waals surface area contributed by atoms with Gasteiger partial charge in [-0.2, -0.15) is 0 Å². The molecule has 3 heteroatoms. The molecule has 0 aliphatic heterocycles. The number of hydrogen-bond donors (Lipinski definition) is 0. The zero-order chi connectivity index (χ0) is 36.5. The zero-order valence-corrected chi connectivity index (χ0v) is 30.8. The van der Waals surface area contributed by atoms with Crippen LogP contribution in [-0.2, 0) is 6.42 Å². The van der Waals surface area contributed by atoms with Gasteiger partial charge in [0, 0.05) is 43.7 Å². The maximum atomic E-state index is 2.49. The van der Waals surface area contributed by atoms with Crippen molar-refractivity contribution < 1.29 is 0 Å². The van der Waals surface area contributed by atoms with Crippen LogP contribution in [0, 0.1) is 0 Å². The Morgan fingerprint density at radius 1 is 0.364 bits per heavy atom. The van der Waals surface area contributed by atoms with Gasteiger partial charge in [0.25, 0.3) is 0 Å². The van der Waals surface area contributed by atoms with E-state index in [4.69, 9.17) is 0 Å². The van der Waals surface area contributed by atoms with Gasteiger partial charge in [-0.15, -0.1) is 0 Å². The molecule has 11 aromatic rings. The van der Waals surface area contributed by atoms with Crippen molar-refractivity contribution >= 4 is 65.4 Å². The number of hydrogen-bond acceptors (Lipinski definition) is 0. The van der Waals surface area contributed by atoms with E-state index in [2.05, 4.69) is 203 Å². The van der Waals surface area contributed by atoms with Crippen molar-refractivity contribution in [1.82, 2.24) is 13.7 Å². The average molecular weight is 706 g/mol. The highest BCUT2D eigenvalue weighted by Crippen LogP contribution is 2.42. The molecule has 0 saturated heterocycles. The van der Waals surface area contributed by atoms with E-state index in [0.717, 1.165) is 6.42 Å². The van der Waals surface area contributed by atoms with Crippen LogP contribution in [0.2, 0.25) is 0 Å². The first-order chi connectivity index (χ1) is 27.3. The molecule has 262 valence electrons. The molecule has 3 aromatic heterocycles. The van der Waals surface area contributed by atoms with Crippen molar-refractivity contribution in [3.8, 4) is 28.2 Å². The Hall–Kier alpha value is -6.84. The molecule has 3 nitrogen and oxygen atoms in total. The molecular weight excluding hydrogens is 667 g/mol. The lowest BCUT2D eigenvalue weighted by Gasteiger charge is -2.12. The number of fused-ring (bicyclic) bond motifs is 9. The van der Waals surface area contributed by atoms with E-state index >= 15 is 0 Å². The molecule has 11 rings (SSSR count). The molecule has 0 atom stereocenters. The molecule has 0 fully saturated rings. The lowest BCUT2D eigenvalue weighted by atomic mass is 10.0. The van der Waals surface area contributed by atoms with E-state index in [1.807, 2.05) is 0 Å². The van der Waals surface area contributed by atoms with Gasteiger partial charge in [-0.3, -0.25) is 0 Å². The summed E-state index contributed by atoms with van der Waals surface area (Å²) in [7, 11) is 0. The van der Waals surface area contributed by atoms with Crippen molar-refractivity contribution in [2.75, 3.05) is 0 Å². The van der Waals surface area contributed by atoms with Gasteiger partial charge in [-0.1, -0.05) is 116 Å². The fraction of sp³-hybridized carbons (Fsp3) is 0.0769. The summed E-state index contributed by atoms with van der Waals surface area (Å²) in [4.78, 5) is 0. The lowest BCUT2D eigenvalue weighted by Crippen LogP contribution is -1.97. The van der Waals surface area contributed by atoms with Crippen molar-refractivity contribution in [2.45, 2.75) is 26.2 Å². The van der Waals surface area contributed by atoms with Crippen LogP contribution in [0.3, 0.4) is 0 Å². The van der Waals surface area contributed by atoms with Crippen molar-refractivity contribution in [1.29, 1.82) is 0 Å². The van der Waals surface area contributed by atoms with E-state index in [-0.39, 0.29) is 0 Å². The van der Waals surface area contributed by atoms with Crippen molar-refractivity contribution in [3.63, 3.8) is 0 Å². The van der Waals surface area contributed by atoms with Crippen LogP contribution in [0.25, 0.3) is 93.6 Å². The second-order valence-corrected chi connectivity index (χ2v) is 14.8. The lowest BCUT2D eigenvalue weighted by molar-refractivity contribution is 0.794. The predicted molar refractivity (Wildman–Crippen MR) is 234 cm³/mol. The Morgan fingerprint density at radius 2 is 0.873 bits per heavy atom. The van der Waals surface area contributed by atoms with E-state index in [1.54, 1.807) is 0 Å². The van der Waals surface area contributed by atoms with Gasteiger partial charge in [0.1, 0.15) is 0 Å². The van der Waals surface area contributed by atoms with E-state index < -0.39 is 0 Å². The molecular formula is C52H39N3. The summed E-state index contributed by atoms with van der Waals surface area (Å²) in [6.07, 6.45) is 3.49. The molecule has 0 unspecified atom stereocenters. The summed E-state index contributed by atoms with van der Waals surface area (Å²) in [5.74, 6) is 0. The van der Waals surface area contributed by atoms with Gasteiger partial charge >= 0.3 is 0 Å². The average Bonchev–Trinajstić information content (AvgIpc) is 3.89. The SMILES string of the molecule is CCCCc1cccc(-n2c3ccccc3c3c(-n4c5ccccc5c5cc(-c6ccc7c(c6)c6ccccc6n7-c6ccccc6)ccc54)cccc32)c1. The summed E-state index contributed by atoms with van der Waals surface area (Å²) >= 11 is 0. The monoisotopic (exact) mass is 705 g/mol. The third kappa shape index (κ3) is 4.90. The van der Waals surface area contributed by atoms with Gasteiger partial charge < -0.3 is 13.7 Å². The topological polar surface area (TPSA) is 14.8 Å². The number of aryl methyl sites for hydroxylation is 1. The summed E-state index contributed by atoms with van der Waals surface area (Å²) in [6, 6.07) is 67.1. The van der Waals surface area contributed by atoms with E-state index in [9.17, 15) is 0 Å². The molecule has 0 aliphatic carbocycles. The molecule has 0 saturated carbocycles. The Labute approximate surface area is 319 Å². The van der Waals surface area contributed by atoms with Crippen molar-refractivity contribution in [2.24, 2.45) is 0 Å². The molecule has 0 amide bonds. The van der Waals surface area contributed by atoms with Gasteiger partial charge in [0.2, 0.25) is 0 Å². The van der Waals surface area contributed by atoms with Gasteiger partial charge in [0.15, 0.2) is 0 Å². The van der Waals surface area contributed by atoms with Crippen LogP contribution in [-0.4, -0.2) is 13.7 Å². The standard InChI is InChI=1S/C52H39N3/c1-2-3-15-35-16-13-19-39(32-35)54-47-25-12-9-22-42(47)52-50(54)26-14-27-51(52)55-46-24-11-8-21-41(46)44-34-37(29-31-49(44)55)36-28-30-48-43(33-36)40-20-7-10-23-45(40)53(48)38-17-5-4-6-18-38/h4-14,16-34H,2-3,15H2,1H3. The number of unbranched alkanes of at least 4 members (excludes halogenated alkanes) is 1. The Bertz CT molecular complexity index is 3250. The fourth-order valence-corrected chi connectivity index (χ4v) is 9.12. The highest BCUT2D eigenvalue weighted by molar-refractivity contribution is 6.17. The maximum Gasteiger partial charge on any atom is 0.0562 e. The van der Waals surface area contributed by atoms with Crippen LogP contribution in [0.15, 0.2) is 182 Å². The first-order valence-electron chi connectivity index (χ1n) is 19.5. The first-order valence-corrected chi connectivity index (χ1v) is 19.5. The second-order valence-electron chi connectivity index (χ2n) is 14.8. The van der Waals surface area contributed by atoms with Gasteiger partial charge in [-0.25, -0.2) is 0 Å². The number of rotatable bonds is 7. The van der Waals surface area contributed by atoms with Crippen molar-refractivity contribution in [3.05, 3.63) is 188 Å². The molecule has 3 heterocycles. The predicted octanol–water partition coefficient (Wildman–Crippen LogP) is 14.0. The minimum atomic E-state index is 1.10. The summed E-state index contributed by atoms with van der Waals surface area (Å²) in [5.41, 5.74) is 14.7. The van der Waals surface area contributed by atoms with Crippen LogP contribution < -0.4 is 0 Å². The normalized spacial score (nSPS) is 11.9. The molecule has 0 aliphatic rings. The third-order valence-electron chi connectivity index (χ3n) is 11.6. The Morgan fingerprint density at radius 3 is 1.56 bits per heavy atom. The summed E-state index contributed by atoms with van der Waals surface area (Å²) < 4.78 is 7.33. The largest absolute Gasteiger partial charge is 0.309 e. The molecule has 0 spiro atoms. The number of para-hydroxylation sites is 4. The van der Waals surface area contributed by atoms with Gasteiger partial charge in [0.05, 0.1) is 38.8 Å². The van der Waals surface area contributed by atoms with Crippen LogP contribution in [0.1, 0.15) is 25.3 Å². The molecule has 8 aromatic carbocycles. The number of aromatic nitrogens is 3. The molecule has 0 radical (unpaired) electrons. The molecule has 0 bridgehead atoms. The maximum absolute atomic E-state index is 2.49. The summed E-state index contributed by atoms with van der Waals surface area (Å²) in [6.45, 7) is 2.26.